The predicted octanol–water partition coefficient (Wildman–Crippen LogP) is 2.99. The van der Waals surface area contributed by atoms with Gasteiger partial charge in [-0.05, 0) is 63.2 Å². The second kappa shape index (κ2) is 8.05. The van der Waals surface area contributed by atoms with E-state index in [0.29, 0.717) is 11.1 Å². The molecule has 3 N–H and O–H groups in total. The van der Waals surface area contributed by atoms with E-state index >= 15 is 8.78 Å². The Balaban J connectivity index is 1.49. The quantitative estimate of drug-likeness (QED) is 0.296. The number of pyridine rings is 1. The van der Waals surface area contributed by atoms with Crippen molar-refractivity contribution in [1.29, 1.82) is 0 Å². The molecule has 3 aliphatic rings. The Morgan fingerprint density at radius 3 is 2.52 bits per heavy atom. The summed E-state index contributed by atoms with van der Waals surface area (Å²) in [6.45, 7) is -0.534. The molecule has 0 fully saturated rings. The van der Waals surface area contributed by atoms with Gasteiger partial charge in [-0.1, -0.05) is 17.9 Å². The van der Waals surface area contributed by atoms with Gasteiger partial charge in [-0.25, -0.2) is 14.3 Å². The van der Waals surface area contributed by atoms with Crippen LogP contribution in [-0.4, -0.2) is 36.8 Å². The number of halogens is 5. The molecule has 0 spiro atoms. The Bertz CT molecular complexity index is 1310. The van der Waals surface area contributed by atoms with E-state index in [1.54, 1.807) is 0 Å². The summed E-state index contributed by atoms with van der Waals surface area (Å²) < 4.78 is 58.2. The molecule has 0 radical (unpaired) electrons. The zero-order chi connectivity index (χ0) is 23.2. The third-order valence-corrected chi connectivity index (χ3v) is 7.71. The molecule has 0 saturated heterocycles. The Morgan fingerprint density at radius 1 is 1.06 bits per heavy atom. The van der Waals surface area contributed by atoms with Crippen LogP contribution < -0.4 is 11.1 Å². The van der Waals surface area contributed by atoms with E-state index in [1.807, 2.05) is 0 Å². The van der Waals surface area contributed by atoms with Crippen LogP contribution in [0, 0.1) is 17.7 Å². The average molecular weight is 567 g/mol. The van der Waals surface area contributed by atoms with Gasteiger partial charge in [0.05, 0.1) is 10.1 Å². The van der Waals surface area contributed by atoms with Crippen molar-refractivity contribution in [2.75, 3.05) is 6.54 Å². The smallest absolute Gasteiger partial charge is 0.323 e. The number of amidine groups is 1. The fourth-order valence-electron chi connectivity index (χ4n) is 3.53. The third-order valence-electron chi connectivity index (χ3n) is 5.23. The summed E-state index contributed by atoms with van der Waals surface area (Å²) in [6.07, 6.45) is 3.48. The van der Waals surface area contributed by atoms with Gasteiger partial charge in [-0.2, -0.15) is 8.78 Å². The predicted molar refractivity (Wildman–Crippen MR) is 122 cm³/mol. The monoisotopic (exact) mass is 567 g/mol. The highest BCUT2D eigenvalue weighted by Gasteiger charge is 2.61. The van der Waals surface area contributed by atoms with Crippen LogP contribution in [-0.2, 0) is 5.92 Å². The van der Waals surface area contributed by atoms with Crippen LogP contribution >= 0.6 is 20.7 Å². The standard InChI is InChI=1S/C22H14F4IN5O/c23-15-6-3-13(4-7-15)1-2-14-5-9-17(28-11-14)22(25,26)21(33)12-32-20(29-30-31-32)19-16(21)8-10-18(24)27-19/h3-11,30-31,33H,12H2. The molecule has 1 atom stereocenters. The average Bonchev–Trinajstić information content (AvgIpc) is 3.27. The SMILES string of the molecule is OC1(C(F)(F)c2ccc(C#Cc3ccc(F)cc3)cn2)CN2NNN=C2C2=C1C=CC(F)=I2. The normalized spacial score (nSPS) is 21.7. The van der Waals surface area contributed by atoms with Crippen molar-refractivity contribution in [2.24, 2.45) is 5.10 Å². The highest BCUT2D eigenvalue weighted by molar-refractivity contribution is 14.2. The Morgan fingerprint density at radius 2 is 1.79 bits per heavy atom. The molecule has 2 aromatic rings. The molecule has 3 aliphatic heterocycles. The van der Waals surface area contributed by atoms with Crippen molar-refractivity contribution in [1.82, 2.24) is 21.1 Å². The Hall–Kier alpha value is -3.08. The molecule has 1 aromatic carbocycles. The minimum Gasteiger partial charge on any atom is -0.377 e. The molecule has 0 saturated carbocycles. The van der Waals surface area contributed by atoms with Crippen molar-refractivity contribution in [2.45, 2.75) is 11.5 Å². The van der Waals surface area contributed by atoms with Gasteiger partial charge in [0.25, 0.3) is 0 Å². The molecule has 5 rings (SSSR count). The number of hydrogen-bond donors (Lipinski definition) is 3. The zero-order valence-electron chi connectivity index (χ0n) is 16.6. The largest absolute Gasteiger partial charge is 0.377 e. The molecular weight excluding hydrogens is 553 g/mol. The lowest BCUT2D eigenvalue weighted by Gasteiger charge is -2.43. The minimum absolute atomic E-state index is 0.0656. The van der Waals surface area contributed by atoms with E-state index in [0.717, 1.165) is 12.1 Å². The summed E-state index contributed by atoms with van der Waals surface area (Å²) in [5.74, 6) is 1.68. The number of fused-ring (bicyclic) bond motifs is 2. The fraction of sp³-hybridized carbons (Fsp3) is 0.136. The number of nitrogens with zero attached hydrogens (tertiary/aromatic N) is 3. The van der Waals surface area contributed by atoms with Gasteiger partial charge in [-0.3, -0.25) is 9.99 Å². The molecule has 1 aromatic heterocycles. The summed E-state index contributed by atoms with van der Waals surface area (Å²) in [5.41, 5.74) is 2.58. The van der Waals surface area contributed by atoms with Gasteiger partial charge in [0.15, 0.2) is 15.2 Å². The number of benzene rings is 1. The van der Waals surface area contributed by atoms with Crippen LogP contribution in [0.2, 0.25) is 0 Å². The van der Waals surface area contributed by atoms with Crippen molar-refractivity contribution in [3.05, 3.63) is 86.5 Å². The molecule has 4 heterocycles. The van der Waals surface area contributed by atoms with Crippen LogP contribution in [0.15, 0.2) is 69.0 Å². The first-order valence-corrected chi connectivity index (χ1v) is 11.7. The van der Waals surface area contributed by atoms with Crippen molar-refractivity contribution in [3.63, 3.8) is 0 Å². The van der Waals surface area contributed by atoms with E-state index in [1.165, 1.54) is 47.6 Å². The van der Waals surface area contributed by atoms with Crippen molar-refractivity contribution >= 4 is 30.3 Å². The number of hydrogen-bond acceptors (Lipinski definition) is 6. The van der Waals surface area contributed by atoms with Crippen LogP contribution in [0.1, 0.15) is 16.8 Å². The van der Waals surface area contributed by atoms with Gasteiger partial charge < -0.3 is 5.11 Å². The van der Waals surface area contributed by atoms with E-state index < -0.39 is 48.3 Å². The molecule has 11 heteroatoms. The number of aliphatic hydroxyl groups is 1. The van der Waals surface area contributed by atoms with Gasteiger partial charge in [0.1, 0.15) is 11.5 Å². The van der Waals surface area contributed by atoms with E-state index in [9.17, 15) is 13.9 Å². The van der Waals surface area contributed by atoms with E-state index in [-0.39, 0.29) is 20.8 Å². The lowest BCUT2D eigenvalue weighted by atomic mass is 9.81. The maximum absolute atomic E-state index is 15.7. The third kappa shape index (κ3) is 3.73. The molecular formula is C22H14F4IN5O. The molecule has 1 unspecified atom stereocenters. The number of hydrazone groups is 1. The second-order valence-electron chi connectivity index (χ2n) is 7.31. The second-order valence-corrected chi connectivity index (χ2v) is 9.96. The van der Waals surface area contributed by atoms with Crippen LogP contribution in [0.4, 0.5) is 17.6 Å². The number of alkyl halides is 2. The van der Waals surface area contributed by atoms with Crippen molar-refractivity contribution in [3.8, 4) is 11.8 Å². The Kier molecular flexibility index (Phi) is 5.31. The van der Waals surface area contributed by atoms with E-state index in [2.05, 4.69) is 33.0 Å². The lowest BCUT2D eigenvalue weighted by Crippen LogP contribution is -2.61. The zero-order valence-corrected chi connectivity index (χ0v) is 18.7. The molecule has 0 bridgehead atoms. The number of allylic oxidation sites excluding steroid dienone is 1. The molecule has 33 heavy (non-hydrogen) atoms. The van der Waals surface area contributed by atoms with Crippen molar-refractivity contribution < 1.29 is 22.7 Å². The first-order valence-electron chi connectivity index (χ1n) is 9.58. The summed E-state index contributed by atoms with van der Waals surface area (Å²) >= 11 is -1.42. The number of hydrazine groups is 2. The maximum atomic E-state index is 15.7. The summed E-state index contributed by atoms with van der Waals surface area (Å²) in [6, 6.07) is 8.01. The summed E-state index contributed by atoms with van der Waals surface area (Å²) in [4.78, 5) is 3.86. The number of aromatic nitrogens is 1. The first-order chi connectivity index (χ1) is 15.8. The topological polar surface area (TPSA) is 72.8 Å². The summed E-state index contributed by atoms with van der Waals surface area (Å²) in [5, 5.41) is 16.5. The Labute approximate surface area is 195 Å². The fourth-order valence-corrected chi connectivity index (χ4v) is 5.98. The van der Waals surface area contributed by atoms with Gasteiger partial charge in [0, 0.05) is 22.9 Å². The number of rotatable bonds is 2. The van der Waals surface area contributed by atoms with Gasteiger partial charge in [0.2, 0.25) is 0 Å². The molecule has 0 amide bonds. The summed E-state index contributed by atoms with van der Waals surface area (Å²) in [7, 11) is 0. The lowest BCUT2D eigenvalue weighted by molar-refractivity contribution is -0.177. The first kappa shape index (κ1) is 21.7. The molecule has 6 nitrogen and oxygen atoms in total. The molecule has 0 aliphatic carbocycles. The van der Waals surface area contributed by atoms with E-state index in [4.69, 9.17) is 0 Å². The highest BCUT2D eigenvalue weighted by atomic mass is 127. The van der Waals surface area contributed by atoms with Crippen LogP contribution in [0.25, 0.3) is 0 Å². The maximum Gasteiger partial charge on any atom is 0.323 e. The van der Waals surface area contributed by atoms with Crippen LogP contribution in [0.3, 0.4) is 0 Å². The minimum atomic E-state index is -3.81. The molecule has 168 valence electrons. The van der Waals surface area contributed by atoms with Crippen LogP contribution in [0.5, 0.6) is 0 Å². The van der Waals surface area contributed by atoms with Gasteiger partial charge >= 0.3 is 5.92 Å². The highest BCUT2D eigenvalue weighted by Crippen LogP contribution is 2.49. The van der Waals surface area contributed by atoms with Gasteiger partial charge in [-0.15, -0.1) is 10.6 Å². The number of nitrogens with one attached hydrogen (secondary N) is 2.